The van der Waals surface area contributed by atoms with E-state index in [-0.39, 0.29) is 40.8 Å². The Balaban J connectivity index is 1.25. The Bertz CT molecular complexity index is 1610. The van der Waals surface area contributed by atoms with Gasteiger partial charge in [-0.1, -0.05) is 37.3 Å². The minimum absolute atomic E-state index is 0.00631. The third kappa shape index (κ3) is 4.39. The first kappa shape index (κ1) is 28.4. The van der Waals surface area contributed by atoms with Crippen molar-refractivity contribution in [1.82, 2.24) is 14.7 Å². The number of rotatable bonds is 6. The third-order valence-corrected chi connectivity index (χ3v) is 9.69. The molecule has 3 N–H and O–H groups in total. The number of hydrogen-bond donors (Lipinski definition) is 2. The van der Waals surface area contributed by atoms with Crippen LogP contribution in [0.2, 0.25) is 0 Å². The van der Waals surface area contributed by atoms with Crippen molar-refractivity contribution in [1.29, 1.82) is 0 Å². The van der Waals surface area contributed by atoms with Gasteiger partial charge in [-0.25, -0.2) is 4.39 Å². The van der Waals surface area contributed by atoms with Crippen LogP contribution in [0.15, 0.2) is 42.5 Å². The van der Waals surface area contributed by atoms with Crippen molar-refractivity contribution in [2.75, 3.05) is 5.32 Å². The predicted molar refractivity (Wildman–Crippen MR) is 155 cm³/mol. The number of carbonyl (C=O) groups excluding carboxylic acids is 3. The Hall–Kier alpha value is -3.77. The number of aromatic nitrogens is 2. The maximum atomic E-state index is 15.8. The van der Waals surface area contributed by atoms with Crippen molar-refractivity contribution in [2.24, 2.45) is 11.1 Å². The largest absolute Gasteiger partial charge is 0.497 e. The van der Waals surface area contributed by atoms with Gasteiger partial charge in [0.2, 0.25) is 11.8 Å². The van der Waals surface area contributed by atoms with Crippen LogP contribution >= 0.6 is 0 Å². The molecule has 3 aliphatic rings. The highest BCUT2D eigenvalue weighted by molar-refractivity contribution is 6.62. The fourth-order valence-electron chi connectivity index (χ4n) is 6.46. The minimum atomic E-state index is -0.930. The van der Waals surface area contributed by atoms with Crippen molar-refractivity contribution in [3.63, 3.8) is 0 Å². The van der Waals surface area contributed by atoms with Crippen LogP contribution in [0.4, 0.5) is 10.1 Å². The molecular weight excluding hydrogens is 540 g/mol. The van der Waals surface area contributed by atoms with E-state index in [0.29, 0.717) is 17.3 Å². The monoisotopic (exact) mass is 575 g/mol. The zero-order chi connectivity index (χ0) is 30.2. The summed E-state index contributed by atoms with van der Waals surface area (Å²) in [5.74, 6) is -2.10. The van der Waals surface area contributed by atoms with E-state index in [9.17, 15) is 14.4 Å². The van der Waals surface area contributed by atoms with Crippen LogP contribution in [0.5, 0.6) is 0 Å². The van der Waals surface area contributed by atoms with Crippen LogP contribution in [-0.4, -0.2) is 62.8 Å². The van der Waals surface area contributed by atoms with Crippen molar-refractivity contribution >= 4 is 46.9 Å². The van der Waals surface area contributed by atoms with E-state index in [1.165, 1.54) is 10.7 Å². The molecule has 10 nitrogen and oxygen atoms in total. The normalized spacial score (nSPS) is 25.8. The lowest BCUT2D eigenvalue weighted by Crippen LogP contribution is -2.52. The fraction of sp³-hybridized carbons (Fsp3) is 0.467. The molecule has 1 aliphatic carbocycles. The number of amides is 3. The average molecular weight is 575 g/mol. The van der Waals surface area contributed by atoms with Crippen molar-refractivity contribution in [3.05, 3.63) is 54.0 Å². The highest BCUT2D eigenvalue weighted by Gasteiger charge is 2.58. The average Bonchev–Trinajstić information content (AvgIpc) is 3.46. The van der Waals surface area contributed by atoms with E-state index >= 15 is 4.39 Å². The highest BCUT2D eigenvalue weighted by Crippen LogP contribution is 2.54. The number of nitrogens with one attached hydrogen (secondary N) is 1. The number of halogens is 1. The topological polar surface area (TPSA) is 129 Å². The molecule has 1 saturated carbocycles. The van der Waals surface area contributed by atoms with Crippen LogP contribution in [0.3, 0.4) is 0 Å². The summed E-state index contributed by atoms with van der Waals surface area (Å²) in [4.78, 5) is 41.1. The lowest BCUT2D eigenvalue weighted by molar-refractivity contribution is -0.141. The van der Waals surface area contributed by atoms with Crippen molar-refractivity contribution in [2.45, 2.75) is 83.7 Å². The van der Waals surface area contributed by atoms with Crippen molar-refractivity contribution < 1.29 is 28.1 Å². The van der Waals surface area contributed by atoms with E-state index in [2.05, 4.69) is 17.3 Å². The molecular formula is C30H35BFN5O5. The molecule has 12 heteroatoms. The number of likely N-dealkylation sites (tertiary alicyclic amines) is 1. The van der Waals surface area contributed by atoms with E-state index in [1.807, 2.05) is 27.7 Å². The van der Waals surface area contributed by atoms with E-state index in [4.69, 9.17) is 15.0 Å². The quantitative estimate of drug-likeness (QED) is 0.435. The summed E-state index contributed by atoms with van der Waals surface area (Å²) >= 11 is 0. The molecule has 2 aromatic carbocycles. The molecule has 42 heavy (non-hydrogen) atoms. The number of hydrogen-bond acceptors (Lipinski definition) is 6. The van der Waals surface area contributed by atoms with Gasteiger partial charge in [-0.05, 0) is 64.5 Å². The number of primary amides is 1. The van der Waals surface area contributed by atoms with Crippen LogP contribution in [0.1, 0.15) is 64.4 Å². The Morgan fingerprint density at radius 3 is 2.40 bits per heavy atom. The minimum Gasteiger partial charge on any atom is -0.399 e. The summed E-state index contributed by atoms with van der Waals surface area (Å²) < 4.78 is 29.3. The lowest BCUT2D eigenvalue weighted by Gasteiger charge is -2.44. The SMILES string of the molecule is CC1(C)OB(c2cccc(NC(=O)[C@@H]3C[C@@]4(C)CC[C@H]4N3C(=O)Cn3nc(C(N)=O)c4ccccc43)c2F)OC1(C)C. The molecule has 3 aromatic rings. The number of nitrogens with two attached hydrogens (primary N) is 1. The molecule has 3 fully saturated rings. The standard InChI is InChI=1S/C30H35BFN5O5/c1-28(2)29(3,4)42-31(41-28)18-10-8-11-19(24(18)32)34-27(40)21-15-30(5)14-13-22(30)37(21)23(38)16-36-20-12-7-6-9-17(20)25(35-36)26(33)39/h6-12,21-22H,13-16H2,1-5H3,(H2,33,39)(H,34,40)/t21-,22+,30+/m0/s1. The number of fused-ring (bicyclic) bond motifs is 2. The zero-order valence-electron chi connectivity index (χ0n) is 24.4. The van der Waals surface area contributed by atoms with Crippen molar-refractivity contribution in [3.8, 4) is 0 Å². The summed E-state index contributed by atoms with van der Waals surface area (Å²) in [6.07, 6.45) is 2.11. The summed E-state index contributed by atoms with van der Waals surface area (Å²) in [5.41, 5.74) is 4.87. The van der Waals surface area contributed by atoms with Gasteiger partial charge >= 0.3 is 7.12 Å². The molecule has 6 rings (SSSR count). The summed E-state index contributed by atoms with van der Waals surface area (Å²) in [5, 5.41) is 7.61. The molecule has 2 aliphatic heterocycles. The molecule has 0 bridgehead atoms. The first-order valence-corrected chi connectivity index (χ1v) is 14.2. The van der Waals surface area contributed by atoms with Gasteiger partial charge in [-0.15, -0.1) is 0 Å². The molecule has 2 saturated heterocycles. The van der Waals surface area contributed by atoms with Crippen LogP contribution in [-0.2, 0) is 25.4 Å². The Kier molecular flexibility index (Phi) is 6.51. The fourth-order valence-corrected chi connectivity index (χ4v) is 6.46. The van der Waals surface area contributed by atoms with Gasteiger partial charge in [0.05, 0.1) is 22.4 Å². The number of benzene rings is 2. The lowest BCUT2D eigenvalue weighted by atomic mass is 9.66. The van der Waals surface area contributed by atoms with Crippen LogP contribution < -0.4 is 16.5 Å². The van der Waals surface area contributed by atoms with E-state index in [1.54, 1.807) is 41.3 Å². The molecule has 3 amide bonds. The molecule has 3 atom stereocenters. The molecule has 0 radical (unpaired) electrons. The predicted octanol–water partition coefficient (Wildman–Crippen LogP) is 2.98. The molecule has 3 heterocycles. The maximum Gasteiger partial charge on any atom is 0.497 e. The summed E-state index contributed by atoms with van der Waals surface area (Å²) in [7, 11) is -0.930. The van der Waals surface area contributed by atoms with E-state index < -0.39 is 42.0 Å². The first-order chi connectivity index (χ1) is 19.7. The van der Waals surface area contributed by atoms with Gasteiger partial charge in [0, 0.05) is 16.9 Å². The Labute approximate surface area is 243 Å². The van der Waals surface area contributed by atoms with Gasteiger partial charge in [-0.2, -0.15) is 5.10 Å². The second kappa shape index (κ2) is 9.63. The van der Waals surface area contributed by atoms with Crippen LogP contribution in [0.25, 0.3) is 10.9 Å². The summed E-state index contributed by atoms with van der Waals surface area (Å²) in [6.45, 7) is 9.45. The highest BCUT2D eigenvalue weighted by atomic mass is 19.1. The smallest absolute Gasteiger partial charge is 0.399 e. The van der Waals surface area contributed by atoms with Gasteiger partial charge < -0.3 is 25.3 Å². The van der Waals surface area contributed by atoms with E-state index in [0.717, 1.165) is 12.8 Å². The van der Waals surface area contributed by atoms with Gasteiger partial charge in [0.25, 0.3) is 5.91 Å². The number of para-hydroxylation sites is 1. The third-order valence-electron chi connectivity index (χ3n) is 9.69. The number of carbonyl (C=O) groups is 3. The molecule has 0 unspecified atom stereocenters. The molecule has 220 valence electrons. The second-order valence-electron chi connectivity index (χ2n) is 12.9. The maximum absolute atomic E-state index is 15.8. The number of anilines is 1. The second-order valence-corrected chi connectivity index (χ2v) is 12.9. The zero-order valence-corrected chi connectivity index (χ0v) is 24.4. The van der Waals surface area contributed by atoms with Gasteiger partial charge in [-0.3, -0.25) is 19.1 Å². The molecule has 0 spiro atoms. The van der Waals surface area contributed by atoms with Crippen LogP contribution in [0, 0.1) is 11.2 Å². The number of nitrogens with zero attached hydrogens (tertiary/aromatic N) is 3. The first-order valence-electron chi connectivity index (χ1n) is 14.2. The summed E-state index contributed by atoms with van der Waals surface area (Å²) in [6, 6.07) is 10.8. The van der Waals surface area contributed by atoms with Gasteiger partial charge in [0.1, 0.15) is 18.4 Å². The Morgan fingerprint density at radius 2 is 1.76 bits per heavy atom. The van der Waals surface area contributed by atoms with Gasteiger partial charge in [0.15, 0.2) is 5.69 Å². The molecule has 1 aromatic heterocycles. The Morgan fingerprint density at radius 1 is 1.07 bits per heavy atom.